The smallest absolute Gasteiger partial charge is 0.255 e. The summed E-state index contributed by atoms with van der Waals surface area (Å²) in [6.07, 6.45) is 2.52. The van der Waals surface area contributed by atoms with E-state index in [1.54, 1.807) is 0 Å². The molecule has 1 aliphatic rings. The fraction of sp³-hybridized carbons (Fsp3) is 0.562. The molecule has 0 saturated carbocycles. The highest BCUT2D eigenvalue weighted by atomic mass is 16.5. The second-order valence-electron chi connectivity index (χ2n) is 5.46. The molecule has 1 amide bonds. The molecular formula is C16H25N3O2. The second kappa shape index (κ2) is 8.00. The number of carbonyl (C=O) groups excluding carboxylic acids is 1. The van der Waals surface area contributed by atoms with Gasteiger partial charge in [-0.1, -0.05) is 19.1 Å². The number of carbonyl (C=O) groups is 1. The van der Waals surface area contributed by atoms with Gasteiger partial charge in [-0.05, 0) is 43.6 Å². The molecule has 1 aromatic rings. The number of primary amides is 1. The highest BCUT2D eigenvalue weighted by Gasteiger charge is 2.19. The van der Waals surface area contributed by atoms with Gasteiger partial charge in [0.25, 0.3) is 5.91 Å². The van der Waals surface area contributed by atoms with Crippen molar-refractivity contribution in [3.05, 3.63) is 29.8 Å². The SMILES string of the molecule is CCN(Cc1ccc(OCC(N)=O)cc1)C1CCCNC1. The van der Waals surface area contributed by atoms with Gasteiger partial charge < -0.3 is 15.8 Å². The van der Waals surface area contributed by atoms with Crippen molar-refractivity contribution in [2.45, 2.75) is 32.4 Å². The van der Waals surface area contributed by atoms with E-state index in [4.69, 9.17) is 10.5 Å². The molecule has 5 heteroatoms. The first-order valence-electron chi connectivity index (χ1n) is 7.64. The number of nitrogens with one attached hydrogen (secondary N) is 1. The van der Waals surface area contributed by atoms with Crippen LogP contribution in [0.5, 0.6) is 5.75 Å². The summed E-state index contributed by atoms with van der Waals surface area (Å²) < 4.78 is 5.27. The lowest BCUT2D eigenvalue weighted by atomic mass is 10.0. The first-order chi connectivity index (χ1) is 10.2. The van der Waals surface area contributed by atoms with Crippen molar-refractivity contribution in [3.8, 4) is 5.75 Å². The van der Waals surface area contributed by atoms with Crippen LogP contribution in [0.3, 0.4) is 0 Å². The van der Waals surface area contributed by atoms with Crippen LogP contribution in [0, 0.1) is 0 Å². The van der Waals surface area contributed by atoms with Gasteiger partial charge in [-0.2, -0.15) is 0 Å². The third kappa shape index (κ3) is 5.02. The summed E-state index contributed by atoms with van der Waals surface area (Å²) in [5.74, 6) is 0.223. The fourth-order valence-corrected chi connectivity index (χ4v) is 2.72. The van der Waals surface area contributed by atoms with E-state index in [1.165, 1.54) is 18.4 Å². The summed E-state index contributed by atoms with van der Waals surface area (Å²) >= 11 is 0. The Hall–Kier alpha value is -1.59. The molecule has 1 aromatic carbocycles. The molecule has 1 aliphatic heterocycles. The number of nitrogens with two attached hydrogens (primary N) is 1. The van der Waals surface area contributed by atoms with E-state index in [1.807, 2.05) is 12.1 Å². The van der Waals surface area contributed by atoms with Crippen LogP contribution in [-0.4, -0.2) is 43.1 Å². The molecule has 116 valence electrons. The summed E-state index contributed by atoms with van der Waals surface area (Å²) in [5, 5.41) is 3.47. The third-order valence-electron chi connectivity index (χ3n) is 3.88. The van der Waals surface area contributed by atoms with Crippen molar-refractivity contribution in [3.63, 3.8) is 0 Å². The average molecular weight is 291 g/mol. The van der Waals surface area contributed by atoms with Crippen LogP contribution in [0.4, 0.5) is 0 Å². The van der Waals surface area contributed by atoms with E-state index >= 15 is 0 Å². The quantitative estimate of drug-likeness (QED) is 0.790. The Bertz CT molecular complexity index is 441. The minimum absolute atomic E-state index is 0.0752. The van der Waals surface area contributed by atoms with Crippen molar-refractivity contribution in [1.82, 2.24) is 10.2 Å². The van der Waals surface area contributed by atoms with Crippen LogP contribution >= 0.6 is 0 Å². The summed E-state index contributed by atoms with van der Waals surface area (Å²) in [5.41, 5.74) is 6.32. The predicted octanol–water partition coefficient (Wildman–Crippen LogP) is 1.12. The monoisotopic (exact) mass is 291 g/mol. The van der Waals surface area contributed by atoms with Crippen LogP contribution in [0.15, 0.2) is 24.3 Å². The first-order valence-corrected chi connectivity index (χ1v) is 7.64. The number of ether oxygens (including phenoxy) is 1. The van der Waals surface area contributed by atoms with E-state index in [9.17, 15) is 4.79 Å². The van der Waals surface area contributed by atoms with E-state index in [0.717, 1.165) is 26.2 Å². The number of amides is 1. The van der Waals surface area contributed by atoms with Gasteiger partial charge in [-0.15, -0.1) is 0 Å². The lowest BCUT2D eigenvalue weighted by Crippen LogP contribution is -2.45. The molecule has 1 atom stereocenters. The molecular weight excluding hydrogens is 266 g/mol. The molecule has 0 spiro atoms. The lowest BCUT2D eigenvalue weighted by molar-refractivity contribution is -0.119. The molecule has 0 aromatic heterocycles. The fourth-order valence-electron chi connectivity index (χ4n) is 2.72. The molecule has 1 unspecified atom stereocenters. The maximum Gasteiger partial charge on any atom is 0.255 e. The number of benzene rings is 1. The maximum absolute atomic E-state index is 10.7. The number of rotatable bonds is 7. The molecule has 21 heavy (non-hydrogen) atoms. The summed E-state index contributed by atoms with van der Waals surface area (Å²) in [4.78, 5) is 13.2. The van der Waals surface area contributed by atoms with E-state index in [2.05, 4.69) is 29.3 Å². The predicted molar refractivity (Wildman–Crippen MR) is 83.1 cm³/mol. The first kappa shape index (κ1) is 15.8. The van der Waals surface area contributed by atoms with Crippen LogP contribution in [0.25, 0.3) is 0 Å². The highest BCUT2D eigenvalue weighted by molar-refractivity contribution is 5.75. The minimum atomic E-state index is -0.457. The molecule has 5 nitrogen and oxygen atoms in total. The zero-order chi connectivity index (χ0) is 15.1. The van der Waals surface area contributed by atoms with Crippen molar-refractivity contribution in [2.75, 3.05) is 26.2 Å². The van der Waals surface area contributed by atoms with Crippen molar-refractivity contribution in [1.29, 1.82) is 0 Å². The Labute approximate surface area is 126 Å². The standard InChI is InChI=1S/C16H25N3O2/c1-2-19(14-4-3-9-18-10-14)11-13-5-7-15(8-6-13)21-12-16(17)20/h5-8,14,18H,2-4,9-12H2,1H3,(H2,17,20). The second-order valence-corrected chi connectivity index (χ2v) is 5.46. The summed E-state index contributed by atoms with van der Waals surface area (Å²) in [6, 6.07) is 8.51. The topological polar surface area (TPSA) is 67.6 Å². The van der Waals surface area contributed by atoms with Crippen molar-refractivity contribution >= 4 is 5.91 Å². The van der Waals surface area contributed by atoms with Crippen LogP contribution in [0.2, 0.25) is 0 Å². The Kier molecular flexibility index (Phi) is 6.02. The van der Waals surface area contributed by atoms with Gasteiger partial charge in [0.1, 0.15) is 5.75 Å². The number of hydrogen-bond donors (Lipinski definition) is 2. The average Bonchev–Trinajstić information content (AvgIpc) is 2.52. The van der Waals surface area contributed by atoms with Gasteiger partial charge in [0, 0.05) is 19.1 Å². The molecule has 3 N–H and O–H groups in total. The zero-order valence-corrected chi connectivity index (χ0v) is 12.7. The van der Waals surface area contributed by atoms with Crippen LogP contribution in [-0.2, 0) is 11.3 Å². The molecule has 1 fully saturated rings. The Balaban J connectivity index is 1.89. The number of nitrogens with zero attached hydrogens (tertiary/aromatic N) is 1. The number of likely N-dealkylation sites (N-methyl/N-ethyl adjacent to an activating group) is 1. The van der Waals surface area contributed by atoms with Crippen LogP contribution < -0.4 is 15.8 Å². The Morgan fingerprint density at radius 1 is 1.43 bits per heavy atom. The molecule has 0 bridgehead atoms. The lowest BCUT2D eigenvalue weighted by Gasteiger charge is -2.34. The summed E-state index contributed by atoms with van der Waals surface area (Å²) in [6.45, 7) is 6.34. The minimum Gasteiger partial charge on any atom is -0.484 e. The zero-order valence-electron chi connectivity index (χ0n) is 12.7. The van der Waals surface area contributed by atoms with Crippen molar-refractivity contribution in [2.24, 2.45) is 5.73 Å². The third-order valence-corrected chi connectivity index (χ3v) is 3.88. The molecule has 1 heterocycles. The van der Waals surface area contributed by atoms with Gasteiger partial charge in [-0.25, -0.2) is 0 Å². The van der Waals surface area contributed by atoms with Gasteiger partial charge in [-0.3, -0.25) is 9.69 Å². The van der Waals surface area contributed by atoms with Gasteiger partial charge in [0.2, 0.25) is 0 Å². The van der Waals surface area contributed by atoms with E-state index in [-0.39, 0.29) is 6.61 Å². The Morgan fingerprint density at radius 3 is 2.76 bits per heavy atom. The number of hydrogen-bond acceptors (Lipinski definition) is 4. The van der Waals surface area contributed by atoms with Gasteiger partial charge in [0.15, 0.2) is 6.61 Å². The number of piperidine rings is 1. The van der Waals surface area contributed by atoms with Crippen LogP contribution in [0.1, 0.15) is 25.3 Å². The highest BCUT2D eigenvalue weighted by Crippen LogP contribution is 2.17. The largest absolute Gasteiger partial charge is 0.484 e. The molecule has 0 aliphatic carbocycles. The van der Waals surface area contributed by atoms with E-state index < -0.39 is 5.91 Å². The Morgan fingerprint density at radius 2 is 2.19 bits per heavy atom. The maximum atomic E-state index is 10.7. The molecule has 0 radical (unpaired) electrons. The van der Waals surface area contributed by atoms with Gasteiger partial charge in [0.05, 0.1) is 0 Å². The van der Waals surface area contributed by atoms with E-state index in [0.29, 0.717) is 11.8 Å². The molecule has 2 rings (SSSR count). The normalized spacial score (nSPS) is 18.7. The molecule has 1 saturated heterocycles. The van der Waals surface area contributed by atoms with Gasteiger partial charge >= 0.3 is 0 Å². The van der Waals surface area contributed by atoms with Crippen molar-refractivity contribution < 1.29 is 9.53 Å². The summed E-state index contributed by atoms with van der Waals surface area (Å²) in [7, 11) is 0.